The van der Waals surface area contributed by atoms with Gasteiger partial charge in [0, 0.05) is 19.1 Å². The van der Waals surface area contributed by atoms with Gasteiger partial charge in [0.1, 0.15) is 0 Å². The van der Waals surface area contributed by atoms with Crippen LogP contribution in [0.2, 0.25) is 0 Å². The van der Waals surface area contributed by atoms with Crippen molar-refractivity contribution in [1.82, 2.24) is 4.90 Å². The van der Waals surface area contributed by atoms with Gasteiger partial charge in [0.15, 0.2) is 0 Å². The largest absolute Gasteiger partial charge is 0.329 e. The Kier molecular flexibility index (Phi) is 6.20. The summed E-state index contributed by atoms with van der Waals surface area (Å²) in [6.45, 7) is 1.60. The standard InChI is InChI=1S/C19H24N2/c1-21(16-18-11-6-3-7-12-18)19(15-20)14-8-13-17-9-4-2-5-10-17/h2-13,19H,14-16,20H2,1H3/b13-8-. The van der Waals surface area contributed by atoms with Gasteiger partial charge >= 0.3 is 0 Å². The summed E-state index contributed by atoms with van der Waals surface area (Å²) in [4.78, 5) is 2.32. The van der Waals surface area contributed by atoms with E-state index >= 15 is 0 Å². The van der Waals surface area contributed by atoms with Crippen LogP contribution in [0.5, 0.6) is 0 Å². The Bertz CT molecular complexity index is 534. The molecule has 0 aromatic heterocycles. The Balaban J connectivity index is 1.89. The van der Waals surface area contributed by atoms with Gasteiger partial charge in [-0.3, -0.25) is 4.90 Å². The first-order chi connectivity index (χ1) is 10.3. The van der Waals surface area contributed by atoms with Crippen molar-refractivity contribution in [3.05, 3.63) is 77.9 Å². The van der Waals surface area contributed by atoms with Gasteiger partial charge in [-0.25, -0.2) is 0 Å². The lowest BCUT2D eigenvalue weighted by Crippen LogP contribution is -2.37. The SMILES string of the molecule is CN(Cc1ccccc1)C(CN)C/C=C\c1ccccc1. The second kappa shape index (κ2) is 8.40. The minimum absolute atomic E-state index is 0.366. The molecule has 2 N–H and O–H groups in total. The van der Waals surface area contributed by atoms with E-state index in [1.54, 1.807) is 0 Å². The van der Waals surface area contributed by atoms with Crippen LogP contribution < -0.4 is 5.73 Å². The molecule has 0 saturated carbocycles. The number of nitrogens with two attached hydrogens (primary N) is 1. The highest BCUT2D eigenvalue weighted by Gasteiger charge is 2.11. The van der Waals surface area contributed by atoms with Crippen molar-refractivity contribution in [2.24, 2.45) is 5.73 Å². The van der Waals surface area contributed by atoms with E-state index in [1.807, 2.05) is 12.1 Å². The first kappa shape index (κ1) is 15.5. The summed E-state index contributed by atoms with van der Waals surface area (Å²) in [5.41, 5.74) is 8.49. The minimum atomic E-state index is 0.366. The van der Waals surface area contributed by atoms with Crippen LogP contribution in [0.3, 0.4) is 0 Å². The zero-order valence-corrected chi connectivity index (χ0v) is 12.7. The molecule has 0 heterocycles. The van der Waals surface area contributed by atoms with Crippen molar-refractivity contribution in [1.29, 1.82) is 0 Å². The van der Waals surface area contributed by atoms with Crippen LogP contribution in [0.4, 0.5) is 0 Å². The monoisotopic (exact) mass is 280 g/mol. The van der Waals surface area contributed by atoms with Gasteiger partial charge < -0.3 is 5.73 Å². The van der Waals surface area contributed by atoms with Gasteiger partial charge in [-0.1, -0.05) is 72.8 Å². The second-order valence-electron chi connectivity index (χ2n) is 5.34. The zero-order valence-electron chi connectivity index (χ0n) is 12.7. The Morgan fingerprint density at radius 2 is 1.62 bits per heavy atom. The fourth-order valence-corrected chi connectivity index (χ4v) is 2.38. The normalized spacial score (nSPS) is 12.9. The van der Waals surface area contributed by atoms with Gasteiger partial charge in [0.2, 0.25) is 0 Å². The molecule has 1 unspecified atom stereocenters. The van der Waals surface area contributed by atoms with E-state index in [0.29, 0.717) is 12.6 Å². The molecular formula is C19H24N2. The second-order valence-corrected chi connectivity index (χ2v) is 5.34. The lowest BCUT2D eigenvalue weighted by Gasteiger charge is -2.26. The van der Waals surface area contributed by atoms with Gasteiger partial charge in [-0.05, 0) is 24.6 Å². The highest BCUT2D eigenvalue weighted by atomic mass is 15.1. The lowest BCUT2D eigenvalue weighted by atomic mass is 10.1. The molecule has 21 heavy (non-hydrogen) atoms. The molecule has 0 bridgehead atoms. The van der Waals surface area contributed by atoms with Crippen molar-refractivity contribution < 1.29 is 0 Å². The molecule has 0 saturated heterocycles. The Labute approximate surface area is 127 Å². The molecule has 2 rings (SSSR count). The molecule has 0 fully saturated rings. The Morgan fingerprint density at radius 1 is 1.00 bits per heavy atom. The fourth-order valence-electron chi connectivity index (χ4n) is 2.38. The van der Waals surface area contributed by atoms with Gasteiger partial charge in [-0.2, -0.15) is 0 Å². The van der Waals surface area contributed by atoms with Crippen LogP contribution in [0.25, 0.3) is 6.08 Å². The highest BCUT2D eigenvalue weighted by molar-refractivity contribution is 5.48. The molecular weight excluding hydrogens is 256 g/mol. The summed E-state index contributed by atoms with van der Waals surface area (Å²) in [6.07, 6.45) is 5.35. The summed E-state index contributed by atoms with van der Waals surface area (Å²) < 4.78 is 0. The molecule has 0 aliphatic heterocycles. The first-order valence-corrected chi connectivity index (χ1v) is 7.45. The van der Waals surface area contributed by atoms with Crippen molar-refractivity contribution in [2.75, 3.05) is 13.6 Å². The summed E-state index contributed by atoms with van der Waals surface area (Å²) in [6, 6.07) is 21.3. The predicted octanol–water partition coefficient (Wildman–Crippen LogP) is 3.55. The maximum Gasteiger partial charge on any atom is 0.0253 e. The predicted molar refractivity (Wildman–Crippen MR) is 90.8 cm³/mol. The molecule has 2 nitrogen and oxygen atoms in total. The average Bonchev–Trinajstić information content (AvgIpc) is 2.53. The van der Waals surface area contributed by atoms with E-state index in [1.165, 1.54) is 11.1 Å². The topological polar surface area (TPSA) is 29.3 Å². The fraction of sp³-hybridized carbons (Fsp3) is 0.263. The Hall–Kier alpha value is -1.90. The molecule has 0 radical (unpaired) electrons. The quantitative estimate of drug-likeness (QED) is 0.840. The van der Waals surface area contributed by atoms with Crippen molar-refractivity contribution in [3.8, 4) is 0 Å². The molecule has 2 heteroatoms. The van der Waals surface area contributed by atoms with Crippen LogP contribution in [-0.4, -0.2) is 24.5 Å². The summed E-state index contributed by atoms with van der Waals surface area (Å²) in [7, 11) is 2.14. The van der Waals surface area contributed by atoms with Gasteiger partial charge in [0.25, 0.3) is 0 Å². The molecule has 1 atom stereocenters. The van der Waals surface area contributed by atoms with Gasteiger partial charge in [-0.15, -0.1) is 0 Å². The smallest absolute Gasteiger partial charge is 0.0253 e. The van der Waals surface area contributed by atoms with E-state index in [9.17, 15) is 0 Å². The average molecular weight is 280 g/mol. The number of likely N-dealkylation sites (N-methyl/N-ethyl adjacent to an activating group) is 1. The zero-order chi connectivity index (χ0) is 14.9. The van der Waals surface area contributed by atoms with Crippen molar-refractivity contribution in [2.45, 2.75) is 19.0 Å². The third kappa shape index (κ3) is 5.18. The van der Waals surface area contributed by atoms with Crippen LogP contribution in [0.1, 0.15) is 17.5 Å². The maximum absolute atomic E-state index is 5.93. The number of hydrogen-bond donors (Lipinski definition) is 1. The van der Waals surface area contributed by atoms with Crippen LogP contribution in [-0.2, 0) is 6.54 Å². The first-order valence-electron chi connectivity index (χ1n) is 7.45. The number of hydrogen-bond acceptors (Lipinski definition) is 2. The molecule has 110 valence electrons. The summed E-state index contributed by atoms with van der Waals surface area (Å²) in [5.74, 6) is 0. The molecule has 0 aliphatic carbocycles. The molecule has 2 aromatic carbocycles. The van der Waals surface area contributed by atoms with Crippen molar-refractivity contribution >= 4 is 6.08 Å². The number of nitrogens with zero attached hydrogens (tertiary/aromatic N) is 1. The maximum atomic E-state index is 5.93. The molecule has 2 aromatic rings. The lowest BCUT2D eigenvalue weighted by molar-refractivity contribution is 0.240. The van der Waals surface area contributed by atoms with E-state index in [2.05, 4.69) is 72.6 Å². The molecule has 0 spiro atoms. The molecule has 0 aliphatic rings. The van der Waals surface area contributed by atoms with E-state index in [0.717, 1.165) is 13.0 Å². The Morgan fingerprint density at radius 3 is 2.24 bits per heavy atom. The molecule has 0 amide bonds. The van der Waals surface area contributed by atoms with Crippen LogP contribution in [0.15, 0.2) is 66.7 Å². The minimum Gasteiger partial charge on any atom is -0.329 e. The van der Waals surface area contributed by atoms with E-state index < -0.39 is 0 Å². The third-order valence-electron chi connectivity index (χ3n) is 3.69. The van der Waals surface area contributed by atoms with Crippen molar-refractivity contribution in [3.63, 3.8) is 0 Å². The number of rotatable bonds is 7. The van der Waals surface area contributed by atoms with Crippen LogP contribution >= 0.6 is 0 Å². The number of benzene rings is 2. The van der Waals surface area contributed by atoms with Crippen LogP contribution in [0, 0.1) is 0 Å². The van der Waals surface area contributed by atoms with E-state index in [-0.39, 0.29) is 0 Å². The van der Waals surface area contributed by atoms with E-state index in [4.69, 9.17) is 5.73 Å². The third-order valence-corrected chi connectivity index (χ3v) is 3.69. The summed E-state index contributed by atoms with van der Waals surface area (Å²) in [5, 5.41) is 0. The highest BCUT2D eigenvalue weighted by Crippen LogP contribution is 2.10. The summed E-state index contributed by atoms with van der Waals surface area (Å²) >= 11 is 0. The van der Waals surface area contributed by atoms with Gasteiger partial charge in [0.05, 0.1) is 0 Å².